The average Bonchev–Trinajstić information content (AvgIpc) is 2.56. The summed E-state index contributed by atoms with van der Waals surface area (Å²) in [6.07, 6.45) is 11.5. The molecule has 0 heterocycles. The third kappa shape index (κ3) is 11.2. The van der Waals surface area contributed by atoms with Crippen molar-refractivity contribution in [2.45, 2.75) is 84.5 Å². The molecule has 7 nitrogen and oxygen atoms in total. The van der Waals surface area contributed by atoms with Crippen molar-refractivity contribution in [1.82, 2.24) is 0 Å². The topological polar surface area (TPSA) is 158 Å². The lowest BCUT2D eigenvalue weighted by Gasteiger charge is -2.34. The summed E-state index contributed by atoms with van der Waals surface area (Å²) in [6, 6.07) is 0. The molecule has 27 heavy (non-hydrogen) atoms. The summed E-state index contributed by atoms with van der Waals surface area (Å²) in [7, 11) is 0. The van der Waals surface area contributed by atoms with Crippen LogP contribution in [0.4, 0.5) is 0 Å². The molecule has 2 rings (SSSR count). The van der Waals surface area contributed by atoms with E-state index in [1.165, 1.54) is 12.8 Å². The Morgan fingerprint density at radius 2 is 0.963 bits per heavy atom. The summed E-state index contributed by atoms with van der Waals surface area (Å²) >= 11 is 0. The largest absolute Gasteiger partial charge is 0.481 e. The monoisotopic (exact) mass is 504 g/mol. The van der Waals surface area contributed by atoms with Gasteiger partial charge in [-0.2, -0.15) is 0 Å². The summed E-state index contributed by atoms with van der Waals surface area (Å²) < 4.78 is 0. The molecule has 2 aliphatic carbocycles. The molecule has 2 fully saturated rings. The van der Waals surface area contributed by atoms with Crippen LogP contribution in [0.3, 0.4) is 0 Å². The van der Waals surface area contributed by atoms with Crippen LogP contribution < -0.4 is 11.5 Å². The molecule has 0 saturated heterocycles. The van der Waals surface area contributed by atoms with Gasteiger partial charge in [0, 0.05) is 0 Å². The molecule has 8 N–H and O–H groups in total. The molecule has 0 amide bonds. The SMILES string of the molecule is C.I.NCC1(CC(=O)O)CCCCC1.NCC1(CC(=O)O)CCCCC1.O. The average molecular weight is 504 g/mol. The number of carboxylic acid groups (broad SMARTS) is 2. The molecule has 0 aliphatic heterocycles. The molecule has 8 heteroatoms. The maximum absolute atomic E-state index is 10.6. The summed E-state index contributed by atoms with van der Waals surface area (Å²) in [6.45, 7) is 1.05. The second kappa shape index (κ2) is 15.5. The molecule has 164 valence electrons. The fourth-order valence-corrected chi connectivity index (χ4v) is 4.15. The van der Waals surface area contributed by atoms with E-state index in [-0.39, 0.29) is 60.6 Å². The zero-order valence-electron chi connectivity index (χ0n) is 15.7. The van der Waals surface area contributed by atoms with Gasteiger partial charge in [0.25, 0.3) is 0 Å². The first kappa shape index (κ1) is 31.3. The van der Waals surface area contributed by atoms with Crippen LogP contribution in [-0.2, 0) is 9.59 Å². The fourth-order valence-electron chi connectivity index (χ4n) is 4.15. The smallest absolute Gasteiger partial charge is 0.303 e. The highest BCUT2D eigenvalue weighted by atomic mass is 127. The lowest BCUT2D eigenvalue weighted by Crippen LogP contribution is -2.34. The van der Waals surface area contributed by atoms with Crippen molar-refractivity contribution in [2.24, 2.45) is 22.3 Å². The molecule has 0 aromatic carbocycles. The second-order valence-corrected chi connectivity index (χ2v) is 7.67. The van der Waals surface area contributed by atoms with E-state index in [2.05, 4.69) is 0 Å². The molecular formula is C19H41IN2O5. The first-order chi connectivity index (χ1) is 11.4. The number of hydrogen-bond acceptors (Lipinski definition) is 4. The normalized spacial score (nSPS) is 19.6. The Morgan fingerprint density at radius 3 is 1.15 bits per heavy atom. The number of aliphatic carboxylic acids is 2. The number of rotatable bonds is 6. The molecular weight excluding hydrogens is 463 g/mol. The number of hydrogen-bond donors (Lipinski definition) is 4. The first-order valence-electron chi connectivity index (χ1n) is 9.21. The van der Waals surface area contributed by atoms with Gasteiger partial charge >= 0.3 is 11.9 Å². The molecule has 0 unspecified atom stereocenters. The van der Waals surface area contributed by atoms with Crippen molar-refractivity contribution in [3.63, 3.8) is 0 Å². The molecule has 0 atom stereocenters. The van der Waals surface area contributed by atoms with E-state index in [0.717, 1.165) is 51.4 Å². The summed E-state index contributed by atoms with van der Waals surface area (Å²) in [5.74, 6) is -1.41. The van der Waals surface area contributed by atoms with E-state index >= 15 is 0 Å². The molecule has 2 aliphatic rings. The third-order valence-electron chi connectivity index (χ3n) is 5.75. The van der Waals surface area contributed by atoms with Gasteiger partial charge < -0.3 is 27.2 Å². The van der Waals surface area contributed by atoms with Gasteiger partial charge in [0.05, 0.1) is 12.8 Å². The third-order valence-corrected chi connectivity index (χ3v) is 5.75. The van der Waals surface area contributed by atoms with Crippen LogP contribution in [0.2, 0.25) is 0 Å². The predicted octanol–water partition coefficient (Wildman–Crippen LogP) is 3.17. The highest BCUT2D eigenvalue weighted by Crippen LogP contribution is 2.38. The van der Waals surface area contributed by atoms with Gasteiger partial charge in [0.1, 0.15) is 0 Å². The van der Waals surface area contributed by atoms with Gasteiger partial charge in [-0.15, -0.1) is 24.0 Å². The minimum absolute atomic E-state index is 0. The minimum Gasteiger partial charge on any atom is -0.481 e. The Labute approximate surface area is 181 Å². The highest BCUT2D eigenvalue weighted by Gasteiger charge is 2.33. The molecule has 0 radical (unpaired) electrons. The van der Waals surface area contributed by atoms with Crippen LogP contribution in [0, 0.1) is 10.8 Å². The van der Waals surface area contributed by atoms with Crippen molar-refractivity contribution in [3.8, 4) is 0 Å². The molecule has 0 aromatic heterocycles. The quantitative estimate of drug-likeness (QED) is 0.407. The van der Waals surface area contributed by atoms with Crippen LogP contribution in [0.25, 0.3) is 0 Å². The van der Waals surface area contributed by atoms with E-state index in [9.17, 15) is 9.59 Å². The Kier molecular flexibility index (Phi) is 17.9. The Morgan fingerprint density at radius 1 is 0.704 bits per heavy atom. The van der Waals surface area contributed by atoms with E-state index in [1.54, 1.807) is 0 Å². The second-order valence-electron chi connectivity index (χ2n) is 7.67. The Balaban J connectivity index is -0.000000384. The van der Waals surface area contributed by atoms with Gasteiger partial charge in [-0.1, -0.05) is 46.0 Å². The van der Waals surface area contributed by atoms with Gasteiger partial charge in [0.2, 0.25) is 0 Å². The van der Waals surface area contributed by atoms with Crippen molar-refractivity contribution in [2.75, 3.05) is 13.1 Å². The number of carbonyl (C=O) groups is 2. The zero-order chi connectivity index (χ0) is 18.1. The van der Waals surface area contributed by atoms with Crippen molar-refractivity contribution in [3.05, 3.63) is 0 Å². The number of nitrogens with two attached hydrogens (primary N) is 2. The van der Waals surface area contributed by atoms with Crippen LogP contribution in [0.15, 0.2) is 0 Å². The summed E-state index contributed by atoms with van der Waals surface area (Å²) in [5, 5.41) is 17.4. The van der Waals surface area contributed by atoms with Gasteiger partial charge in [-0.25, -0.2) is 0 Å². The van der Waals surface area contributed by atoms with Crippen LogP contribution in [0.5, 0.6) is 0 Å². The van der Waals surface area contributed by atoms with Gasteiger partial charge in [-0.3, -0.25) is 9.59 Å². The lowest BCUT2D eigenvalue weighted by atomic mass is 9.72. The number of carboxylic acids is 2. The Hall–Kier alpha value is -0.450. The molecule has 0 bridgehead atoms. The Bertz CT molecular complexity index is 371. The van der Waals surface area contributed by atoms with E-state index in [1.807, 2.05) is 0 Å². The molecule has 0 aromatic rings. The van der Waals surface area contributed by atoms with Crippen molar-refractivity contribution in [1.29, 1.82) is 0 Å². The van der Waals surface area contributed by atoms with Crippen LogP contribution in [0.1, 0.15) is 84.5 Å². The zero-order valence-corrected chi connectivity index (χ0v) is 18.0. The van der Waals surface area contributed by atoms with Gasteiger partial charge in [0.15, 0.2) is 0 Å². The highest BCUT2D eigenvalue weighted by molar-refractivity contribution is 14.0. The lowest BCUT2D eigenvalue weighted by molar-refractivity contribution is -0.141. The summed E-state index contributed by atoms with van der Waals surface area (Å²) in [4.78, 5) is 21.2. The maximum atomic E-state index is 10.6. The summed E-state index contributed by atoms with van der Waals surface area (Å²) in [5.41, 5.74) is 11.1. The van der Waals surface area contributed by atoms with E-state index in [4.69, 9.17) is 21.7 Å². The van der Waals surface area contributed by atoms with Crippen molar-refractivity contribution < 1.29 is 25.3 Å². The first-order valence-corrected chi connectivity index (χ1v) is 9.21. The van der Waals surface area contributed by atoms with Gasteiger partial charge in [-0.05, 0) is 49.6 Å². The van der Waals surface area contributed by atoms with Crippen LogP contribution in [-0.4, -0.2) is 40.7 Å². The van der Waals surface area contributed by atoms with Crippen molar-refractivity contribution >= 4 is 35.9 Å². The standard InChI is InChI=1S/2C9H17NO2.CH4.HI.H2O/c2*10-7-9(6-8(11)12)4-2-1-3-5-9;;;/h2*1-7,10H2,(H,11,12);1H4;1H;1H2. The van der Waals surface area contributed by atoms with E-state index in [0.29, 0.717) is 13.1 Å². The maximum Gasteiger partial charge on any atom is 0.303 e. The van der Waals surface area contributed by atoms with Crippen LogP contribution >= 0.6 is 24.0 Å². The molecule has 0 spiro atoms. The fraction of sp³-hybridized carbons (Fsp3) is 0.895. The molecule has 2 saturated carbocycles. The minimum atomic E-state index is -0.706. The predicted molar refractivity (Wildman–Crippen MR) is 119 cm³/mol. The van der Waals surface area contributed by atoms with E-state index < -0.39 is 11.9 Å². The number of halogens is 1.